The molecule has 0 aliphatic carbocycles. The molecule has 2 aromatic carbocycles. The zero-order valence-electron chi connectivity index (χ0n) is 20.5. The van der Waals surface area contributed by atoms with Gasteiger partial charge in [-0.15, -0.1) is 0 Å². The highest BCUT2D eigenvalue weighted by Gasteiger charge is 2.29. The molecule has 1 fully saturated rings. The Hall–Kier alpha value is -4.73. The number of nitrogens with one attached hydrogen (secondary N) is 1. The van der Waals surface area contributed by atoms with Crippen molar-refractivity contribution in [2.24, 2.45) is 5.73 Å². The summed E-state index contributed by atoms with van der Waals surface area (Å²) in [5.74, 6) is -0.684. The maximum atomic E-state index is 12.6. The maximum Gasteiger partial charge on any atom is 0.338 e. The van der Waals surface area contributed by atoms with E-state index in [1.54, 1.807) is 29.2 Å². The summed E-state index contributed by atoms with van der Waals surface area (Å²) in [6.45, 7) is 4.84. The summed E-state index contributed by atoms with van der Waals surface area (Å²) in [4.78, 5) is 49.0. The van der Waals surface area contributed by atoms with Crippen molar-refractivity contribution in [3.8, 4) is 0 Å². The first kappa shape index (κ1) is 25.4. The number of ether oxygens (including phenoxy) is 1. The van der Waals surface area contributed by atoms with Crippen molar-refractivity contribution in [2.75, 3.05) is 30.4 Å². The van der Waals surface area contributed by atoms with Gasteiger partial charge >= 0.3 is 5.97 Å². The number of carbonyl (C=O) groups is 3. The number of nitrogens with zero attached hydrogens (tertiary/aromatic N) is 4. The lowest BCUT2D eigenvalue weighted by Gasteiger charge is -2.26. The number of hydrogen-bond donors (Lipinski definition) is 2. The van der Waals surface area contributed by atoms with Crippen LogP contribution in [0.4, 0.5) is 17.3 Å². The van der Waals surface area contributed by atoms with Crippen molar-refractivity contribution in [3.63, 3.8) is 0 Å². The van der Waals surface area contributed by atoms with Gasteiger partial charge in [0, 0.05) is 31.9 Å². The summed E-state index contributed by atoms with van der Waals surface area (Å²) < 4.78 is 5.41. The van der Waals surface area contributed by atoms with Crippen LogP contribution in [0.25, 0.3) is 0 Å². The van der Waals surface area contributed by atoms with Crippen LogP contribution in [0, 0.1) is 0 Å². The number of aromatic nitrogens is 2. The predicted molar refractivity (Wildman–Crippen MR) is 139 cm³/mol. The number of benzene rings is 2. The molecule has 10 heteroatoms. The van der Waals surface area contributed by atoms with Gasteiger partial charge in [-0.2, -0.15) is 0 Å². The highest BCUT2D eigenvalue weighted by molar-refractivity contribution is 5.97. The number of rotatable bonds is 9. The van der Waals surface area contributed by atoms with E-state index in [0.717, 1.165) is 12.0 Å². The van der Waals surface area contributed by atoms with Crippen molar-refractivity contribution in [1.82, 2.24) is 14.9 Å². The standard InChI is InChI=1S/C27H28N6O4/c1-3-23(34)33-13-12-21(16-33)32(2)22-15-29-24(25(28)35)26(31-22)30-20-11-7-10-19(14-20)27(36)37-17-18-8-5-4-6-9-18/h3-11,14-15,21H,1,12-13,16-17H2,2H3,(H2,28,35)(H,30,31)/t21-/m1/s1. The Morgan fingerprint density at radius 2 is 2.00 bits per heavy atom. The van der Waals surface area contributed by atoms with Crippen molar-refractivity contribution >= 4 is 35.1 Å². The van der Waals surface area contributed by atoms with Gasteiger partial charge in [-0.1, -0.05) is 43.0 Å². The van der Waals surface area contributed by atoms with E-state index in [4.69, 9.17) is 10.5 Å². The number of carbonyl (C=O) groups excluding carboxylic acids is 3. The Balaban J connectivity index is 1.50. The third kappa shape index (κ3) is 6.10. The normalized spacial score (nSPS) is 14.6. The summed E-state index contributed by atoms with van der Waals surface area (Å²) in [6.07, 6.45) is 3.53. The molecule has 3 aromatic rings. The van der Waals surface area contributed by atoms with Gasteiger partial charge < -0.3 is 25.6 Å². The minimum Gasteiger partial charge on any atom is -0.457 e. The quantitative estimate of drug-likeness (QED) is 0.339. The first-order valence-corrected chi connectivity index (χ1v) is 11.7. The van der Waals surface area contributed by atoms with Gasteiger partial charge in [0.1, 0.15) is 12.4 Å². The fraction of sp³-hybridized carbons (Fsp3) is 0.222. The van der Waals surface area contributed by atoms with E-state index < -0.39 is 11.9 Å². The van der Waals surface area contributed by atoms with Crippen molar-refractivity contribution in [2.45, 2.75) is 19.1 Å². The highest BCUT2D eigenvalue weighted by Crippen LogP contribution is 2.25. The maximum absolute atomic E-state index is 12.6. The van der Waals surface area contributed by atoms with Crippen LogP contribution in [-0.2, 0) is 16.1 Å². The molecule has 4 rings (SSSR count). The van der Waals surface area contributed by atoms with Gasteiger partial charge in [0.2, 0.25) is 5.91 Å². The first-order valence-electron chi connectivity index (χ1n) is 11.7. The van der Waals surface area contributed by atoms with E-state index in [9.17, 15) is 14.4 Å². The van der Waals surface area contributed by atoms with Crippen LogP contribution in [-0.4, -0.2) is 58.8 Å². The highest BCUT2D eigenvalue weighted by atomic mass is 16.5. The van der Waals surface area contributed by atoms with E-state index in [1.807, 2.05) is 42.3 Å². The number of likely N-dealkylation sites (N-methyl/N-ethyl adjacent to an activating group) is 1. The smallest absolute Gasteiger partial charge is 0.338 e. The molecule has 1 aliphatic heterocycles. The molecule has 0 bridgehead atoms. The minimum absolute atomic E-state index is 0.0215. The van der Waals surface area contributed by atoms with E-state index in [2.05, 4.69) is 21.9 Å². The molecule has 0 saturated carbocycles. The third-order valence-corrected chi connectivity index (χ3v) is 6.13. The van der Waals surface area contributed by atoms with Gasteiger partial charge in [0.25, 0.3) is 5.91 Å². The molecule has 1 aromatic heterocycles. The molecule has 2 amide bonds. The van der Waals surface area contributed by atoms with E-state index in [-0.39, 0.29) is 30.1 Å². The second kappa shape index (κ2) is 11.3. The molecule has 0 unspecified atom stereocenters. The van der Waals surface area contributed by atoms with Crippen LogP contribution < -0.4 is 16.0 Å². The minimum atomic E-state index is -0.744. The number of esters is 1. The second-order valence-corrected chi connectivity index (χ2v) is 8.60. The van der Waals surface area contributed by atoms with E-state index in [0.29, 0.717) is 30.2 Å². The number of primary amides is 1. The monoisotopic (exact) mass is 500 g/mol. The van der Waals surface area contributed by atoms with Crippen molar-refractivity contribution in [3.05, 3.63) is 90.3 Å². The molecule has 37 heavy (non-hydrogen) atoms. The van der Waals surface area contributed by atoms with Crippen molar-refractivity contribution in [1.29, 1.82) is 0 Å². The Labute approximate surface area is 214 Å². The lowest BCUT2D eigenvalue weighted by molar-refractivity contribution is -0.125. The number of nitrogens with two attached hydrogens (primary N) is 1. The zero-order valence-corrected chi connectivity index (χ0v) is 20.5. The molecule has 3 N–H and O–H groups in total. The largest absolute Gasteiger partial charge is 0.457 e. The van der Waals surface area contributed by atoms with Gasteiger partial charge in [0.15, 0.2) is 11.5 Å². The van der Waals surface area contributed by atoms with Crippen LogP contribution >= 0.6 is 0 Å². The van der Waals surface area contributed by atoms with Crippen LogP contribution in [0.2, 0.25) is 0 Å². The Bertz CT molecular complexity index is 1310. The fourth-order valence-electron chi connectivity index (χ4n) is 4.06. The number of anilines is 3. The Morgan fingerprint density at radius 3 is 2.73 bits per heavy atom. The summed E-state index contributed by atoms with van der Waals surface area (Å²) in [5, 5.41) is 3.06. The van der Waals surface area contributed by atoms with Gasteiger partial charge in [-0.3, -0.25) is 9.59 Å². The molecule has 10 nitrogen and oxygen atoms in total. The van der Waals surface area contributed by atoms with E-state index in [1.165, 1.54) is 12.3 Å². The van der Waals surface area contributed by atoms with Crippen LogP contribution in [0.5, 0.6) is 0 Å². The zero-order chi connectivity index (χ0) is 26.4. The topological polar surface area (TPSA) is 131 Å². The Kier molecular flexibility index (Phi) is 7.77. The molecule has 1 atom stereocenters. The molecule has 2 heterocycles. The van der Waals surface area contributed by atoms with Crippen LogP contribution in [0.3, 0.4) is 0 Å². The van der Waals surface area contributed by atoms with Gasteiger partial charge in [0.05, 0.1) is 11.8 Å². The van der Waals surface area contributed by atoms with Gasteiger partial charge in [-0.25, -0.2) is 14.8 Å². The summed E-state index contributed by atoms with van der Waals surface area (Å²) in [7, 11) is 1.85. The first-order chi connectivity index (χ1) is 17.9. The SMILES string of the molecule is C=CC(=O)N1CC[C@@H](N(C)c2cnc(C(N)=O)c(Nc3cccc(C(=O)OCc4ccccc4)c3)n2)C1. The molecular formula is C27H28N6O4. The summed E-state index contributed by atoms with van der Waals surface area (Å²) >= 11 is 0. The lowest BCUT2D eigenvalue weighted by Crippen LogP contribution is -2.36. The lowest BCUT2D eigenvalue weighted by atomic mass is 10.2. The molecule has 0 radical (unpaired) electrons. The fourth-order valence-corrected chi connectivity index (χ4v) is 4.06. The van der Waals surface area contributed by atoms with Crippen LogP contribution in [0.1, 0.15) is 32.8 Å². The summed E-state index contributed by atoms with van der Waals surface area (Å²) in [5.41, 5.74) is 7.22. The second-order valence-electron chi connectivity index (χ2n) is 8.60. The molecule has 1 saturated heterocycles. The molecule has 190 valence electrons. The number of amides is 2. The van der Waals surface area contributed by atoms with E-state index >= 15 is 0 Å². The van der Waals surface area contributed by atoms with Crippen LogP contribution in [0.15, 0.2) is 73.4 Å². The van der Waals surface area contributed by atoms with Gasteiger partial charge in [-0.05, 0) is 36.3 Å². The average molecular weight is 501 g/mol. The predicted octanol–water partition coefficient (Wildman–Crippen LogP) is 2.90. The molecule has 0 spiro atoms. The molecular weight excluding hydrogens is 472 g/mol. The number of hydrogen-bond acceptors (Lipinski definition) is 8. The summed E-state index contributed by atoms with van der Waals surface area (Å²) in [6, 6.07) is 16.1. The number of likely N-dealkylation sites (tertiary alicyclic amines) is 1. The van der Waals surface area contributed by atoms with Crippen molar-refractivity contribution < 1.29 is 19.1 Å². The Morgan fingerprint density at radius 1 is 1.22 bits per heavy atom. The molecule has 1 aliphatic rings. The third-order valence-electron chi connectivity index (χ3n) is 6.13. The average Bonchev–Trinajstić information content (AvgIpc) is 3.42.